The summed E-state index contributed by atoms with van der Waals surface area (Å²) in [6.07, 6.45) is 1.16. The van der Waals surface area contributed by atoms with E-state index < -0.39 is 27.8 Å². The van der Waals surface area contributed by atoms with Crippen molar-refractivity contribution in [2.75, 3.05) is 0 Å². The molecule has 0 bridgehead atoms. The lowest BCUT2D eigenvalue weighted by Gasteiger charge is -1.98. The van der Waals surface area contributed by atoms with Gasteiger partial charge in [-0.1, -0.05) is 7.43 Å². The van der Waals surface area contributed by atoms with Crippen molar-refractivity contribution in [1.29, 1.82) is 0 Å². The number of H-pyrrole nitrogens is 2. The molecule has 0 aliphatic carbocycles. The molecule has 0 unspecified atom stereocenters. The number of benzene rings is 2. The third-order valence-corrected chi connectivity index (χ3v) is 4.87. The summed E-state index contributed by atoms with van der Waals surface area (Å²) >= 11 is 5.90. The number of fused-ring (bicyclic) bond motifs is 2. The van der Waals surface area contributed by atoms with Gasteiger partial charge in [0.2, 0.25) is 5.43 Å². The summed E-state index contributed by atoms with van der Waals surface area (Å²) in [5.41, 5.74) is -0.571. The lowest BCUT2D eigenvalue weighted by molar-refractivity contribution is -0.391. The zero-order valence-electron chi connectivity index (χ0n) is 13.9. The quantitative estimate of drug-likeness (QED) is 0.271. The maximum Gasteiger partial charge on any atom is 0.436 e. The fourth-order valence-corrected chi connectivity index (χ4v) is 3.00. The summed E-state index contributed by atoms with van der Waals surface area (Å²) in [6.45, 7) is 0. The first-order valence-corrected chi connectivity index (χ1v) is 9.12. The molecule has 30 heavy (non-hydrogen) atoms. The monoisotopic (exact) mass is 545 g/mol. The number of aromatic amines is 2. The Bertz CT molecular complexity index is 1390. The lowest BCUT2D eigenvalue weighted by Crippen LogP contribution is -2.12. The van der Waals surface area contributed by atoms with Gasteiger partial charge in [-0.05, 0) is 48.9 Å². The number of nitro groups is 1. The molecule has 2 N–H and O–H groups in total. The predicted octanol–water partition coefficient (Wildman–Crippen LogP) is 4.19. The van der Waals surface area contributed by atoms with E-state index in [4.69, 9.17) is 0 Å². The number of rotatable bonds is 1. The lowest BCUT2D eigenvalue weighted by atomic mass is 10.2. The third kappa shape index (κ3) is 4.57. The van der Waals surface area contributed by atoms with Crippen LogP contribution in [0.1, 0.15) is 7.43 Å². The number of nitrogens with zero attached hydrogens (tertiary/aromatic N) is 3. The van der Waals surface area contributed by atoms with Gasteiger partial charge in [0.15, 0.2) is 0 Å². The highest BCUT2D eigenvalue weighted by Gasteiger charge is 2.18. The summed E-state index contributed by atoms with van der Waals surface area (Å²) in [4.78, 5) is 32.3. The molecular formula is C17H11Br2F2N5O4. The predicted molar refractivity (Wildman–Crippen MR) is 113 cm³/mol. The largest absolute Gasteiger partial charge is 0.436 e. The molecule has 0 radical (unpaired) electrons. The van der Waals surface area contributed by atoms with Gasteiger partial charge in [-0.2, -0.15) is 10.2 Å². The summed E-state index contributed by atoms with van der Waals surface area (Å²) in [6, 6.07) is 4.88. The average Bonchev–Trinajstić information content (AvgIpc) is 2.66. The molecule has 0 amide bonds. The van der Waals surface area contributed by atoms with E-state index in [1.54, 1.807) is 0 Å². The summed E-state index contributed by atoms with van der Waals surface area (Å²) in [5.74, 6) is -1.82. The van der Waals surface area contributed by atoms with Gasteiger partial charge >= 0.3 is 5.82 Å². The Balaban J connectivity index is 0.000000211. The van der Waals surface area contributed by atoms with E-state index >= 15 is 0 Å². The molecule has 2 heterocycles. The number of nitrogens with one attached hydrogen (secondary N) is 2. The summed E-state index contributed by atoms with van der Waals surface area (Å²) < 4.78 is 26.4. The van der Waals surface area contributed by atoms with E-state index in [1.165, 1.54) is 18.2 Å². The smallest absolute Gasteiger partial charge is 0.358 e. The Hall–Kier alpha value is -3.06. The van der Waals surface area contributed by atoms with Gasteiger partial charge < -0.3 is 10.1 Å². The number of hydrogen-bond acceptors (Lipinski definition) is 6. The van der Waals surface area contributed by atoms with E-state index in [1.807, 2.05) is 0 Å². The minimum atomic E-state index is -0.893. The molecule has 0 saturated carbocycles. The minimum Gasteiger partial charge on any atom is -0.358 e. The van der Waals surface area contributed by atoms with E-state index in [0.29, 0.717) is 10.9 Å². The number of aromatic nitrogens is 4. The molecule has 0 atom stereocenters. The first-order chi connectivity index (χ1) is 13.7. The second-order valence-corrected chi connectivity index (χ2v) is 7.20. The Morgan fingerprint density at radius 1 is 0.933 bits per heavy atom. The van der Waals surface area contributed by atoms with Crippen LogP contribution in [0.2, 0.25) is 0 Å². The Labute approximate surface area is 182 Å². The molecule has 0 aliphatic rings. The molecular weight excluding hydrogens is 536 g/mol. The van der Waals surface area contributed by atoms with Crippen molar-refractivity contribution in [3.8, 4) is 0 Å². The fourth-order valence-electron chi connectivity index (χ4n) is 2.31. The molecule has 0 fully saturated rings. The van der Waals surface area contributed by atoms with Gasteiger partial charge in [0.05, 0.1) is 36.7 Å². The SMILES string of the molecule is C.O=c1c([N+](=O)[O-])n[nH]c2cc(F)c(Br)cc12.O=c1cn[nH]c2cc(F)c(Br)cc12. The van der Waals surface area contributed by atoms with Crippen molar-refractivity contribution >= 4 is 59.5 Å². The molecule has 0 aliphatic heterocycles. The van der Waals surface area contributed by atoms with Crippen LogP contribution in [0, 0.1) is 21.7 Å². The third-order valence-electron chi connectivity index (χ3n) is 3.66. The zero-order chi connectivity index (χ0) is 21.3. The topological polar surface area (TPSA) is 135 Å². The highest BCUT2D eigenvalue weighted by Crippen LogP contribution is 2.21. The first kappa shape index (κ1) is 23.2. The van der Waals surface area contributed by atoms with Crippen LogP contribution in [-0.4, -0.2) is 25.3 Å². The number of hydrogen-bond donors (Lipinski definition) is 2. The maximum atomic E-state index is 13.1. The Morgan fingerprint density at radius 2 is 1.47 bits per heavy atom. The minimum absolute atomic E-state index is 0. The summed E-state index contributed by atoms with van der Waals surface area (Å²) in [7, 11) is 0. The van der Waals surface area contributed by atoms with Gasteiger partial charge in [-0.25, -0.2) is 8.78 Å². The normalized spacial score (nSPS) is 10.3. The second-order valence-electron chi connectivity index (χ2n) is 5.49. The van der Waals surface area contributed by atoms with Crippen molar-refractivity contribution in [1.82, 2.24) is 20.4 Å². The molecule has 2 aromatic heterocycles. The van der Waals surface area contributed by atoms with Crippen molar-refractivity contribution in [3.05, 3.63) is 81.6 Å². The standard InChI is InChI=1S/C8H3BrFN3O3.C8H4BrFN2O.CH4/c9-4-1-3-6(2-5(4)10)11-12-8(7(3)14)13(15)16;9-5-1-4-7(2-6(5)10)12-11-3-8(4)13;/h1-2H,(H,11,14);1-3H,(H,12,13);1H4. The van der Waals surface area contributed by atoms with Gasteiger partial charge in [0.25, 0.3) is 5.43 Å². The molecule has 2 aromatic carbocycles. The molecule has 9 nitrogen and oxygen atoms in total. The maximum absolute atomic E-state index is 13.1. The van der Waals surface area contributed by atoms with Crippen molar-refractivity contribution in [2.24, 2.45) is 0 Å². The van der Waals surface area contributed by atoms with E-state index in [0.717, 1.165) is 12.3 Å². The summed E-state index contributed by atoms with van der Waals surface area (Å²) in [5, 5.41) is 22.5. The molecule has 0 spiro atoms. The van der Waals surface area contributed by atoms with Crippen molar-refractivity contribution in [3.63, 3.8) is 0 Å². The van der Waals surface area contributed by atoms with Crippen molar-refractivity contribution in [2.45, 2.75) is 7.43 Å². The molecule has 4 rings (SSSR count). The van der Waals surface area contributed by atoms with Crippen LogP contribution in [0.3, 0.4) is 0 Å². The fraction of sp³-hybridized carbons (Fsp3) is 0.0588. The van der Waals surface area contributed by atoms with Gasteiger partial charge in [-0.3, -0.25) is 14.7 Å². The van der Waals surface area contributed by atoms with E-state index in [9.17, 15) is 28.5 Å². The van der Waals surface area contributed by atoms with Crippen LogP contribution in [0.5, 0.6) is 0 Å². The van der Waals surface area contributed by atoms with E-state index in [2.05, 4.69) is 52.3 Å². The van der Waals surface area contributed by atoms with Crippen molar-refractivity contribution < 1.29 is 13.7 Å². The van der Waals surface area contributed by atoms with Crippen LogP contribution in [-0.2, 0) is 0 Å². The van der Waals surface area contributed by atoms with Gasteiger partial charge in [0.1, 0.15) is 11.6 Å². The highest BCUT2D eigenvalue weighted by molar-refractivity contribution is 9.10. The molecule has 0 saturated heterocycles. The average molecular weight is 547 g/mol. The van der Waals surface area contributed by atoms with Gasteiger partial charge in [-0.15, -0.1) is 0 Å². The first-order valence-electron chi connectivity index (χ1n) is 7.53. The molecule has 13 heteroatoms. The number of halogens is 4. The highest BCUT2D eigenvalue weighted by atomic mass is 79.9. The Kier molecular flexibility index (Phi) is 7.10. The van der Waals surface area contributed by atoms with Gasteiger partial charge in [0, 0.05) is 17.5 Å². The van der Waals surface area contributed by atoms with Crippen LogP contribution >= 0.6 is 31.9 Å². The van der Waals surface area contributed by atoms with Crippen LogP contribution < -0.4 is 10.9 Å². The van der Waals surface area contributed by atoms with Crippen LogP contribution in [0.4, 0.5) is 14.6 Å². The molecule has 4 aromatic rings. The van der Waals surface area contributed by atoms with Crippen LogP contribution in [0.25, 0.3) is 21.8 Å². The van der Waals surface area contributed by atoms with Crippen LogP contribution in [0.15, 0.2) is 49.0 Å². The second kappa shape index (κ2) is 9.17. The zero-order valence-corrected chi connectivity index (χ0v) is 17.0. The van der Waals surface area contributed by atoms with E-state index in [-0.39, 0.29) is 32.7 Å². The molecule has 156 valence electrons. The Morgan fingerprint density at radius 3 is 2.03 bits per heavy atom.